The van der Waals surface area contributed by atoms with Crippen LogP contribution in [0.2, 0.25) is 0 Å². The smallest absolute Gasteiger partial charge is 0.238 e. The lowest BCUT2D eigenvalue weighted by molar-refractivity contribution is -0.139. The van der Waals surface area contributed by atoms with Crippen molar-refractivity contribution in [2.75, 3.05) is 6.54 Å². The van der Waals surface area contributed by atoms with Crippen LogP contribution >= 0.6 is 0 Å². The standard InChI is InChI=1S/C16H17FN2O2/c17-11-6-4-10(5-7-11)16-15-12(2-1-3-13(15)20)19-14(21)8-9-18(16)19/h4-7,12,15-16H,1-3,8-9H2/t12-,15-,16-/m1/s1. The van der Waals surface area contributed by atoms with E-state index in [4.69, 9.17) is 0 Å². The number of Topliss-reactive ketones (excluding diaryl/α,β-unsaturated/α-hetero) is 1. The lowest BCUT2D eigenvalue weighted by Gasteiger charge is -2.29. The van der Waals surface area contributed by atoms with Crippen LogP contribution in [0.1, 0.15) is 37.3 Å². The number of amides is 1. The van der Waals surface area contributed by atoms with Gasteiger partial charge < -0.3 is 0 Å². The van der Waals surface area contributed by atoms with Crippen LogP contribution in [0.5, 0.6) is 0 Å². The molecule has 21 heavy (non-hydrogen) atoms. The normalized spacial score (nSPS) is 32.4. The summed E-state index contributed by atoms with van der Waals surface area (Å²) in [6.07, 6.45) is 2.84. The number of nitrogens with zero attached hydrogens (tertiary/aromatic N) is 2. The molecule has 1 aromatic rings. The summed E-state index contributed by atoms with van der Waals surface area (Å²) in [7, 11) is 0. The van der Waals surface area contributed by atoms with Gasteiger partial charge in [0.1, 0.15) is 11.6 Å². The predicted molar refractivity (Wildman–Crippen MR) is 73.4 cm³/mol. The maximum Gasteiger partial charge on any atom is 0.238 e. The summed E-state index contributed by atoms with van der Waals surface area (Å²) >= 11 is 0. The van der Waals surface area contributed by atoms with Gasteiger partial charge in [0.15, 0.2) is 0 Å². The Hall–Kier alpha value is -1.75. The second-order valence-electron chi connectivity index (χ2n) is 6.10. The number of benzene rings is 1. The Balaban J connectivity index is 1.78. The minimum Gasteiger partial charge on any atom is -0.299 e. The van der Waals surface area contributed by atoms with E-state index < -0.39 is 0 Å². The summed E-state index contributed by atoms with van der Waals surface area (Å²) < 4.78 is 13.2. The van der Waals surface area contributed by atoms with E-state index >= 15 is 0 Å². The number of carbonyl (C=O) groups excluding carboxylic acids is 2. The van der Waals surface area contributed by atoms with Gasteiger partial charge in [-0.3, -0.25) is 14.6 Å². The van der Waals surface area contributed by atoms with E-state index in [2.05, 4.69) is 0 Å². The molecule has 3 atom stereocenters. The van der Waals surface area contributed by atoms with Crippen LogP contribution in [-0.4, -0.2) is 34.3 Å². The molecule has 2 aliphatic heterocycles. The molecule has 0 N–H and O–H groups in total. The molecule has 0 bridgehead atoms. The first kappa shape index (κ1) is 13.0. The van der Waals surface area contributed by atoms with E-state index in [9.17, 15) is 14.0 Å². The molecule has 0 spiro atoms. The molecule has 1 amide bonds. The maximum atomic E-state index is 13.2. The van der Waals surface area contributed by atoms with Crippen LogP contribution in [0.25, 0.3) is 0 Å². The average Bonchev–Trinajstić information content (AvgIpc) is 3.00. The van der Waals surface area contributed by atoms with Crippen molar-refractivity contribution in [3.63, 3.8) is 0 Å². The maximum absolute atomic E-state index is 13.2. The Kier molecular flexibility index (Phi) is 2.85. The highest BCUT2D eigenvalue weighted by Crippen LogP contribution is 2.48. The summed E-state index contributed by atoms with van der Waals surface area (Å²) in [5.74, 6) is -0.0850. The molecule has 4 rings (SSSR count). The fourth-order valence-electron chi connectivity index (χ4n) is 4.16. The van der Waals surface area contributed by atoms with E-state index in [1.807, 2.05) is 10.0 Å². The lowest BCUT2D eigenvalue weighted by Crippen LogP contribution is -2.42. The van der Waals surface area contributed by atoms with Crippen LogP contribution < -0.4 is 0 Å². The number of hydrogen-bond donors (Lipinski definition) is 0. The number of hydrogen-bond acceptors (Lipinski definition) is 3. The van der Waals surface area contributed by atoms with Gasteiger partial charge in [0.25, 0.3) is 0 Å². The molecule has 2 heterocycles. The van der Waals surface area contributed by atoms with Crippen molar-refractivity contribution < 1.29 is 14.0 Å². The molecular weight excluding hydrogens is 271 g/mol. The Morgan fingerprint density at radius 3 is 2.62 bits per heavy atom. The third kappa shape index (κ3) is 1.83. The average molecular weight is 288 g/mol. The van der Waals surface area contributed by atoms with Gasteiger partial charge in [-0.15, -0.1) is 0 Å². The van der Waals surface area contributed by atoms with Gasteiger partial charge in [0.2, 0.25) is 5.91 Å². The van der Waals surface area contributed by atoms with Gasteiger partial charge in [-0.25, -0.2) is 9.40 Å². The summed E-state index contributed by atoms with van der Waals surface area (Å²) in [6, 6.07) is 6.22. The molecular formula is C16H17FN2O2. The Bertz CT molecular complexity index is 601. The zero-order valence-electron chi connectivity index (χ0n) is 11.7. The van der Waals surface area contributed by atoms with Crippen molar-refractivity contribution >= 4 is 11.7 Å². The molecule has 0 radical (unpaired) electrons. The van der Waals surface area contributed by atoms with Crippen molar-refractivity contribution in [3.05, 3.63) is 35.6 Å². The first-order valence-corrected chi connectivity index (χ1v) is 7.53. The lowest BCUT2D eigenvalue weighted by atomic mass is 9.78. The fourth-order valence-corrected chi connectivity index (χ4v) is 4.16. The van der Waals surface area contributed by atoms with Crippen molar-refractivity contribution in [2.45, 2.75) is 37.8 Å². The Morgan fingerprint density at radius 1 is 1.10 bits per heavy atom. The molecule has 1 saturated carbocycles. The third-order valence-corrected chi connectivity index (χ3v) is 4.98. The number of rotatable bonds is 1. The van der Waals surface area contributed by atoms with Crippen LogP contribution in [-0.2, 0) is 9.59 Å². The van der Waals surface area contributed by atoms with Gasteiger partial charge in [-0.05, 0) is 30.5 Å². The predicted octanol–water partition coefficient (Wildman–Crippen LogP) is 2.07. The molecule has 1 aromatic carbocycles. The largest absolute Gasteiger partial charge is 0.299 e. The van der Waals surface area contributed by atoms with E-state index in [-0.39, 0.29) is 35.5 Å². The topological polar surface area (TPSA) is 40.6 Å². The van der Waals surface area contributed by atoms with Crippen molar-refractivity contribution in [2.24, 2.45) is 5.92 Å². The van der Waals surface area contributed by atoms with Gasteiger partial charge >= 0.3 is 0 Å². The highest BCUT2D eigenvalue weighted by molar-refractivity contribution is 5.87. The molecule has 0 aromatic heterocycles. The van der Waals surface area contributed by atoms with Crippen LogP contribution in [0, 0.1) is 11.7 Å². The number of fused-ring (bicyclic) bond motifs is 3. The summed E-state index contributed by atoms with van der Waals surface area (Å²) in [5, 5.41) is 3.85. The third-order valence-electron chi connectivity index (χ3n) is 4.98. The highest BCUT2D eigenvalue weighted by atomic mass is 19.1. The minimum absolute atomic E-state index is 0.00342. The van der Waals surface area contributed by atoms with E-state index in [0.717, 1.165) is 18.4 Å². The first-order valence-electron chi connectivity index (χ1n) is 7.53. The number of halogens is 1. The van der Waals surface area contributed by atoms with Gasteiger partial charge in [0, 0.05) is 19.4 Å². The molecule has 5 heteroatoms. The van der Waals surface area contributed by atoms with Crippen LogP contribution in [0.4, 0.5) is 4.39 Å². The zero-order valence-corrected chi connectivity index (χ0v) is 11.7. The van der Waals surface area contributed by atoms with E-state index in [0.29, 0.717) is 19.4 Å². The van der Waals surface area contributed by atoms with Crippen molar-refractivity contribution in [1.29, 1.82) is 0 Å². The molecule has 3 fully saturated rings. The van der Waals surface area contributed by atoms with Crippen molar-refractivity contribution in [3.8, 4) is 0 Å². The van der Waals surface area contributed by atoms with E-state index in [1.54, 1.807) is 12.1 Å². The molecule has 3 aliphatic rings. The summed E-state index contributed by atoms with van der Waals surface area (Å²) in [6.45, 7) is 0.654. The van der Waals surface area contributed by atoms with Crippen molar-refractivity contribution in [1.82, 2.24) is 10.0 Å². The molecule has 0 unspecified atom stereocenters. The fraction of sp³-hybridized carbons (Fsp3) is 0.500. The zero-order chi connectivity index (χ0) is 14.6. The quantitative estimate of drug-likeness (QED) is 0.794. The number of hydrazine groups is 1. The second-order valence-corrected chi connectivity index (χ2v) is 6.10. The van der Waals surface area contributed by atoms with E-state index in [1.165, 1.54) is 12.1 Å². The highest BCUT2D eigenvalue weighted by Gasteiger charge is 2.55. The second kappa shape index (κ2) is 4.63. The number of ketones is 1. The molecule has 4 nitrogen and oxygen atoms in total. The van der Waals surface area contributed by atoms with Crippen LogP contribution in [0.3, 0.4) is 0 Å². The van der Waals surface area contributed by atoms with Crippen LogP contribution in [0.15, 0.2) is 24.3 Å². The first-order chi connectivity index (χ1) is 10.2. The molecule has 110 valence electrons. The molecule has 1 aliphatic carbocycles. The summed E-state index contributed by atoms with van der Waals surface area (Å²) in [4.78, 5) is 24.6. The Labute approximate surface area is 122 Å². The summed E-state index contributed by atoms with van der Waals surface area (Å²) in [5.41, 5.74) is 0.929. The van der Waals surface area contributed by atoms with Gasteiger partial charge in [-0.2, -0.15) is 0 Å². The monoisotopic (exact) mass is 288 g/mol. The van der Waals surface area contributed by atoms with Gasteiger partial charge in [0.05, 0.1) is 18.0 Å². The number of carbonyl (C=O) groups is 2. The minimum atomic E-state index is -0.280. The van der Waals surface area contributed by atoms with Gasteiger partial charge in [-0.1, -0.05) is 12.1 Å². The SMILES string of the molecule is O=C1CCC[C@@H]2[C@H]1[C@@H](c1ccc(F)cc1)N1CCC(=O)N21. The Morgan fingerprint density at radius 2 is 1.86 bits per heavy atom. The molecule has 2 saturated heterocycles.